The van der Waals surface area contributed by atoms with Gasteiger partial charge in [-0.15, -0.1) is 21.5 Å². The lowest BCUT2D eigenvalue weighted by Gasteiger charge is -2.22. The number of nitrogens with zero attached hydrogens (tertiary/aromatic N) is 4. The van der Waals surface area contributed by atoms with Crippen LogP contribution in [0.5, 0.6) is 0 Å². The lowest BCUT2D eigenvalue weighted by Crippen LogP contribution is -2.31. The molecule has 0 spiro atoms. The third-order valence-electron chi connectivity index (χ3n) is 3.95. The lowest BCUT2D eigenvalue weighted by molar-refractivity contribution is 0.382. The van der Waals surface area contributed by atoms with Gasteiger partial charge in [0.1, 0.15) is 4.21 Å². The molecule has 23 heavy (non-hydrogen) atoms. The summed E-state index contributed by atoms with van der Waals surface area (Å²) in [6, 6.07) is 8.47. The smallest absolute Gasteiger partial charge is 0.253 e. The molecule has 1 aliphatic heterocycles. The Kier molecular flexibility index (Phi) is 3.64. The summed E-state index contributed by atoms with van der Waals surface area (Å²) in [4.78, 5) is 0. The van der Waals surface area contributed by atoms with E-state index in [-0.39, 0.29) is 10.3 Å². The summed E-state index contributed by atoms with van der Waals surface area (Å²) >= 11 is 6.97. The van der Waals surface area contributed by atoms with Crippen LogP contribution in [0.2, 0.25) is 4.34 Å². The molecule has 1 unspecified atom stereocenters. The molecule has 6 nitrogen and oxygen atoms in total. The number of hydrogen-bond donors (Lipinski definition) is 0. The maximum atomic E-state index is 12.9. The molecule has 1 saturated heterocycles. The summed E-state index contributed by atoms with van der Waals surface area (Å²) in [5, 5.41) is 8.35. The van der Waals surface area contributed by atoms with Gasteiger partial charge in [-0.1, -0.05) is 17.7 Å². The Bertz CT molecular complexity index is 966. The Hall–Kier alpha value is -1.48. The van der Waals surface area contributed by atoms with Crippen molar-refractivity contribution in [3.05, 3.63) is 46.7 Å². The molecule has 0 amide bonds. The first-order valence-corrected chi connectivity index (χ1v) is 9.78. The van der Waals surface area contributed by atoms with Gasteiger partial charge >= 0.3 is 0 Å². The average Bonchev–Trinajstić information content (AvgIpc) is 3.25. The van der Waals surface area contributed by atoms with Gasteiger partial charge in [0.25, 0.3) is 10.0 Å². The molecule has 1 aliphatic rings. The highest BCUT2D eigenvalue weighted by Crippen LogP contribution is 2.38. The van der Waals surface area contributed by atoms with E-state index in [1.807, 2.05) is 28.8 Å². The van der Waals surface area contributed by atoms with Gasteiger partial charge in [0.2, 0.25) is 0 Å². The third kappa shape index (κ3) is 2.46. The Labute approximate surface area is 142 Å². The van der Waals surface area contributed by atoms with Gasteiger partial charge in [-0.3, -0.25) is 4.40 Å². The van der Waals surface area contributed by atoms with Gasteiger partial charge in [0.05, 0.1) is 10.4 Å². The van der Waals surface area contributed by atoms with Gasteiger partial charge < -0.3 is 0 Å². The standard InChI is InChI=1S/C14H13ClN4O2S2/c15-11-6-7-13(22-11)23(20,21)19-9-3-4-10(19)14-17-16-12-5-1-2-8-18(12)14/h1-2,5-8,10H,3-4,9H2. The van der Waals surface area contributed by atoms with Crippen LogP contribution in [0, 0.1) is 0 Å². The van der Waals surface area contributed by atoms with Crippen LogP contribution < -0.4 is 0 Å². The van der Waals surface area contributed by atoms with Gasteiger partial charge in [-0.25, -0.2) is 8.42 Å². The van der Waals surface area contributed by atoms with E-state index in [0.29, 0.717) is 22.4 Å². The second kappa shape index (κ2) is 5.55. The molecule has 120 valence electrons. The van der Waals surface area contributed by atoms with E-state index in [1.165, 1.54) is 4.31 Å². The highest BCUT2D eigenvalue weighted by molar-refractivity contribution is 7.91. The van der Waals surface area contributed by atoms with Crippen molar-refractivity contribution in [3.63, 3.8) is 0 Å². The number of thiophene rings is 1. The molecule has 0 aliphatic carbocycles. The third-order valence-corrected chi connectivity index (χ3v) is 7.56. The average molecular weight is 369 g/mol. The Balaban J connectivity index is 1.77. The summed E-state index contributed by atoms with van der Waals surface area (Å²) in [5.74, 6) is 0.657. The predicted octanol–water partition coefficient (Wildman–Crippen LogP) is 2.97. The van der Waals surface area contributed by atoms with Gasteiger partial charge in [0, 0.05) is 12.7 Å². The number of halogens is 1. The Morgan fingerprint density at radius 3 is 2.87 bits per heavy atom. The molecule has 4 rings (SSSR count). The first-order valence-electron chi connectivity index (χ1n) is 7.14. The topological polar surface area (TPSA) is 67.6 Å². The van der Waals surface area contributed by atoms with Crippen molar-refractivity contribution in [2.45, 2.75) is 23.1 Å². The molecule has 0 bridgehead atoms. The zero-order valence-electron chi connectivity index (χ0n) is 12.0. The maximum absolute atomic E-state index is 12.9. The molecule has 0 N–H and O–H groups in total. The largest absolute Gasteiger partial charge is 0.285 e. The molecular weight excluding hydrogens is 356 g/mol. The lowest BCUT2D eigenvalue weighted by atomic mass is 10.2. The second-order valence-electron chi connectivity index (χ2n) is 5.32. The summed E-state index contributed by atoms with van der Waals surface area (Å²) in [6.07, 6.45) is 3.38. The Morgan fingerprint density at radius 1 is 1.22 bits per heavy atom. The molecule has 1 fully saturated rings. The van der Waals surface area contributed by atoms with Crippen LogP contribution in [-0.4, -0.2) is 33.9 Å². The highest BCUT2D eigenvalue weighted by atomic mass is 35.5. The van der Waals surface area contributed by atoms with Crippen LogP contribution >= 0.6 is 22.9 Å². The van der Waals surface area contributed by atoms with E-state index in [0.717, 1.165) is 24.2 Å². The first-order chi connectivity index (χ1) is 11.1. The van der Waals surface area contributed by atoms with Crippen LogP contribution in [-0.2, 0) is 10.0 Å². The zero-order chi connectivity index (χ0) is 16.0. The van der Waals surface area contributed by atoms with Crippen molar-refractivity contribution in [1.82, 2.24) is 18.9 Å². The van der Waals surface area contributed by atoms with Crippen LogP contribution in [0.1, 0.15) is 24.7 Å². The van der Waals surface area contributed by atoms with Gasteiger partial charge in [-0.2, -0.15) is 4.31 Å². The predicted molar refractivity (Wildman–Crippen MR) is 88.2 cm³/mol. The normalized spacial score (nSPS) is 19.6. The Morgan fingerprint density at radius 2 is 2.09 bits per heavy atom. The molecule has 0 aromatic carbocycles. The number of rotatable bonds is 3. The minimum atomic E-state index is -3.58. The van der Waals surface area contributed by atoms with E-state index >= 15 is 0 Å². The number of fused-ring (bicyclic) bond motifs is 1. The van der Waals surface area contributed by atoms with Crippen LogP contribution in [0.25, 0.3) is 5.65 Å². The summed E-state index contributed by atoms with van der Waals surface area (Å²) < 4.78 is 29.9. The van der Waals surface area contributed by atoms with Crippen LogP contribution in [0.3, 0.4) is 0 Å². The molecule has 0 saturated carbocycles. The highest BCUT2D eigenvalue weighted by Gasteiger charge is 2.39. The first kappa shape index (κ1) is 15.1. The molecule has 0 radical (unpaired) electrons. The SMILES string of the molecule is O=S(=O)(c1ccc(Cl)s1)N1CCCC1c1nnc2ccccn12. The molecular formula is C14H13ClN4O2S2. The molecule has 3 aromatic rings. The fourth-order valence-corrected chi connectivity index (χ4v) is 6.19. The molecule has 9 heteroatoms. The van der Waals surface area contributed by atoms with Crippen molar-refractivity contribution < 1.29 is 8.42 Å². The number of pyridine rings is 1. The summed E-state index contributed by atoms with van der Waals surface area (Å²) in [5.41, 5.74) is 0.714. The van der Waals surface area contributed by atoms with Gasteiger partial charge in [-0.05, 0) is 37.1 Å². The monoisotopic (exact) mass is 368 g/mol. The number of aromatic nitrogens is 3. The van der Waals surface area contributed by atoms with Crippen LogP contribution in [0.15, 0.2) is 40.7 Å². The number of sulfonamides is 1. The van der Waals surface area contributed by atoms with E-state index < -0.39 is 10.0 Å². The molecule has 3 aromatic heterocycles. The minimum Gasteiger partial charge on any atom is -0.285 e. The number of hydrogen-bond acceptors (Lipinski definition) is 5. The van der Waals surface area contributed by atoms with E-state index in [9.17, 15) is 8.42 Å². The fraction of sp³-hybridized carbons (Fsp3) is 0.286. The second-order valence-corrected chi connectivity index (χ2v) is 9.15. The van der Waals surface area contributed by atoms with Gasteiger partial charge in [0.15, 0.2) is 11.5 Å². The van der Waals surface area contributed by atoms with Crippen molar-refractivity contribution in [3.8, 4) is 0 Å². The van der Waals surface area contributed by atoms with Crippen molar-refractivity contribution in [2.24, 2.45) is 0 Å². The van der Waals surface area contributed by atoms with E-state index in [2.05, 4.69) is 10.2 Å². The van der Waals surface area contributed by atoms with Crippen molar-refractivity contribution in [2.75, 3.05) is 6.54 Å². The summed E-state index contributed by atoms with van der Waals surface area (Å²) in [6.45, 7) is 0.476. The zero-order valence-corrected chi connectivity index (χ0v) is 14.4. The maximum Gasteiger partial charge on any atom is 0.253 e. The van der Waals surface area contributed by atoms with Crippen LogP contribution in [0.4, 0.5) is 0 Å². The van der Waals surface area contributed by atoms with Crippen molar-refractivity contribution in [1.29, 1.82) is 0 Å². The quantitative estimate of drug-likeness (QED) is 0.712. The molecule has 1 atom stereocenters. The van der Waals surface area contributed by atoms with Crippen molar-refractivity contribution >= 4 is 38.6 Å². The van der Waals surface area contributed by atoms with E-state index in [4.69, 9.17) is 11.6 Å². The minimum absolute atomic E-state index is 0.267. The summed E-state index contributed by atoms with van der Waals surface area (Å²) in [7, 11) is -3.58. The fourth-order valence-electron chi connectivity index (χ4n) is 2.92. The molecule has 4 heterocycles. The van der Waals surface area contributed by atoms with E-state index in [1.54, 1.807) is 12.1 Å².